The van der Waals surface area contributed by atoms with Gasteiger partial charge in [0.05, 0.1) is 5.92 Å². The second-order valence-corrected chi connectivity index (χ2v) is 7.84. The highest BCUT2D eigenvalue weighted by molar-refractivity contribution is 5.93. The molecule has 1 fully saturated rings. The fraction of sp³-hybridized carbons (Fsp3) is 0.292. The van der Waals surface area contributed by atoms with Crippen LogP contribution in [0.25, 0.3) is 0 Å². The Bertz CT molecular complexity index is 1070. The number of rotatable bonds is 5. The Morgan fingerprint density at radius 2 is 1.90 bits per heavy atom. The van der Waals surface area contributed by atoms with E-state index in [4.69, 9.17) is 4.74 Å². The molecule has 1 amide bonds. The first-order chi connectivity index (χ1) is 15.0. The summed E-state index contributed by atoms with van der Waals surface area (Å²) in [4.78, 5) is 23.7. The largest absolute Gasteiger partial charge is 0.436 e. The molecule has 1 aliphatic rings. The van der Waals surface area contributed by atoms with Gasteiger partial charge in [-0.25, -0.2) is 14.4 Å². The lowest BCUT2D eigenvalue weighted by molar-refractivity contribution is -0.120. The maximum Gasteiger partial charge on any atom is 0.263 e. The van der Waals surface area contributed by atoms with Crippen molar-refractivity contribution in [2.45, 2.75) is 26.7 Å². The van der Waals surface area contributed by atoms with Crippen molar-refractivity contribution in [2.75, 3.05) is 23.3 Å². The first-order valence-corrected chi connectivity index (χ1v) is 10.4. The minimum Gasteiger partial charge on any atom is -0.436 e. The van der Waals surface area contributed by atoms with Crippen molar-refractivity contribution in [1.82, 2.24) is 9.97 Å². The fourth-order valence-corrected chi connectivity index (χ4v) is 3.62. The summed E-state index contributed by atoms with van der Waals surface area (Å²) in [5, 5.41) is 2.84. The number of nitrogens with zero attached hydrogens (tertiary/aromatic N) is 3. The van der Waals surface area contributed by atoms with Gasteiger partial charge in [0.15, 0.2) is 5.82 Å². The van der Waals surface area contributed by atoms with Crippen LogP contribution < -0.4 is 15.0 Å². The Labute approximate surface area is 181 Å². The maximum atomic E-state index is 13.8. The van der Waals surface area contributed by atoms with Crippen molar-refractivity contribution in [2.24, 2.45) is 5.92 Å². The van der Waals surface area contributed by atoms with Crippen LogP contribution >= 0.6 is 0 Å². The SMILES string of the molecule is Cc1ccc(Oc2nccnc2N2CCC[C@@H](C(=O)Nc3ccc(C)c(F)c3)C2)cc1. The standard InChI is InChI=1S/C24H25FN4O2/c1-16-5-9-20(10-6-16)31-24-22(26-11-12-27-24)29-13-3-4-18(15-29)23(30)28-19-8-7-17(2)21(25)14-19/h5-12,14,18H,3-4,13,15H2,1-2H3,(H,28,30)/t18-/m1/s1. The molecule has 2 heterocycles. The zero-order valence-electron chi connectivity index (χ0n) is 17.6. The lowest BCUT2D eigenvalue weighted by Gasteiger charge is -2.33. The number of ether oxygens (including phenoxy) is 1. The number of carbonyl (C=O) groups is 1. The number of halogens is 1. The highest BCUT2D eigenvalue weighted by atomic mass is 19.1. The van der Waals surface area contributed by atoms with E-state index >= 15 is 0 Å². The van der Waals surface area contributed by atoms with Gasteiger partial charge in [0.1, 0.15) is 11.6 Å². The number of nitrogens with one attached hydrogen (secondary N) is 1. The molecule has 1 aliphatic heterocycles. The van der Waals surface area contributed by atoms with Crippen LogP contribution in [0.1, 0.15) is 24.0 Å². The van der Waals surface area contributed by atoms with Crippen LogP contribution in [0.15, 0.2) is 54.9 Å². The van der Waals surface area contributed by atoms with Gasteiger partial charge < -0.3 is 15.0 Å². The third-order valence-corrected chi connectivity index (χ3v) is 5.41. The molecule has 2 aromatic carbocycles. The first kappa shape index (κ1) is 20.8. The summed E-state index contributed by atoms with van der Waals surface area (Å²) in [7, 11) is 0. The van der Waals surface area contributed by atoms with E-state index in [2.05, 4.69) is 15.3 Å². The molecule has 1 aromatic heterocycles. The lowest BCUT2D eigenvalue weighted by atomic mass is 9.97. The summed E-state index contributed by atoms with van der Waals surface area (Å²) < 4.78 is 19.8. The van der Waals surface area contributed by atoms with Gasteiger partial charge in [-0.15, -0.1) is 0 Å². The van der Waals surface area contributed by atoms with Gasteiger partial charge in [-0.2, -0.15) is 0 Å². The van der Waals surface area contributed by atoms with Crippen molar-refractivity contribution >= 4 is 17.4 Å². The van der Waals surface area contributed by atoms with Gasteiger partial charge in [-0.3, -0.25) is 4.79 Å². The molecule has 31 heavy (non-hydrogen) atoms. The van der Waals surface area contributed by atoms with E-state index in [0.29, 0.717) is 35.2 Å². The number of anilines is 2. The molecule has 6 nitrogen and oxygen atoms in total. The molecule has 7 heteroatoms. The summed E-state index contributed by atoms with van der Waals surface area (Å²) in [6.07, 6.45) is 4.80. The number of benzene rings is 2. The average Bonchev–Trinajstić information content (AvgIpc) is 2.78. The third kappa shape index (κ3) is 4.99. The van der Waals surface area contributed by atoms with Crippen LogP contribution in [0.2, 0.25) is 0 Å². The lowest BCUT2D eigenvalue weighted by Crippen LogP contribution is -2.41. The van der Waals surface area contributed by atoms with Crippen molar-refractivity contribution < 1.29 is 13.9 Å². The number of hydrogen-bond donors (Lipinski definition) is 1. The Morgan fingerprint density at radius 3 is 2.68 bits per heavy atom. The second-order valence-electron chi connectivity index (χ2n) is 7.84. The van der Waals surface area contributed by atoms with E-state index in [-0.39, 0.29) is 17.6 Å². The van der Waals surface area contributed by atoms with Gasteiger partial charge in [-0.1, -0.05) is 23.8 Å². The smallest absolute Gasteiger partial charge is 0.263 e. The molecular formula is C24H25FN4O2. The van der Waals surface area contributed by atoms with Crippen molar-refractivity contribution in [1.29, 1.82) is 0 Å². The summed E-state index contributed by atoms with van der Waals surface area (Å²) in [6.45, 7) is 4.95. The molecule has 4 rings (SSSR count). The molecule has 0 spiro atoms. The topological polar surface area (TPSA) is 67.4 Å². The minimum absolute atomic E-state index is 0.127. The summed E-state index contributed by atoms with van der Waals surface area (Å²) in [5.41, 5.74) is 2.16. The molecule has 0 bridgehead atoms. The van der Waals surface area contributed by atoms with Crippen LogP contribution in [0.3, 0.4) is 0 Å². The Kier molecular flexibility index (Phi) is 6.11. The summed E-state index contributed by atoms with van der Waals surface area (Å²) >= 11 is 0. The number of aromatic nitrogens is 2. The van der Waals surface area contributed by atoms with Crippen LogP contribution in [-0.4, -0.2) is 29.0 Å². The van der Waals surface area contributed by atoms with Gasteiger partial charge >= 0.3 is 0 Å². The summed E-state index contributed by atoms with van der Waals surface area (Å²) in [5.74, 6) is 1.00. The molecule has 1 atom stereocenters. The Hall–Kier alpha value is -3.48. The van der Waals surface area contributed by atoms with E-state index in [1.807, 2.05) is 36.1 Å². The first-order valence-electron chi connectivity index (χ1n) is 10.4. The molecule has 1 N–H and O–H groups in total. The maximum absolute atomic E-state index is 13.8. The predicted molar refractivity (Wildman–Crippen MR) is 118 cm³/mol. The predicted octanol–water partition coefficient (Wildman–Crippen LogP) is 4.88. The van der Waals surface area contributed by atoms with E-state index in [1.54, 1.807) is 31.5 Å². The number of carbonyl (C=O) groups excluding carboxylic acids is 1. The van der Waals surface area contributed by atoms with Crippen LogP contribution in [0.5, 0.6) is 11.6 Å². The van der Waals surface area contributed by atoms with E-state index in [1.165, 1.54) is 6.07 Å². The van der Waals surface area contributed by atoms with Crippen molar-refractivity contribution in [3.8, 4) is 11.6 Å². The molecule has 160 valence electrons. The number of aryl methyl sites for hydroxylation is 2. The van der Waals surface area contributed by atoms with Crippen LogP contribution in [-0.2, 0) is 4.79 Å². The molecular weight excluding hydrogens is 395 g/mol. The Balaban J connectivity index is 1.47. The van der Waals surface area contributed by atoms with Crippen LogP contribution in [0.4, 0.5) is 15.9 Å². The highest BCUT2D eigenvalue weighted by Crippen LogP contribution is 2.31. The number of hydrogen-bond acceptors (Lipinski definition) is 5. The number of piperidine rings is 1. The Morgan fingerprint density at radius 1 is 1.13 bits per heavy atom. The zero-order chi connectivity index (χ0) is 21.8. The van der Waals surface area contributed by atoms with Crippen molar-refractivity contribution in [3.05, 3.63) is 71.8 Å². The van der Waals surface area contributed by atoms with E-state index < -0.39 is 0 Å². The van der Waals surface area contributed by atoms with Gasteiger partial charge in [-0.05, 0) is 56.5 Å². The monoisotopic (exact) mass is 420 g/mol. The third-order valence-electron chi connectivity index (χ3n) is 5.41. The number of amides is 1. The molecule has 0 aliphatic carbocycles. The minimum atomic E-state index is -0.333. The fourth-order valence-electron chi connectivity index (χ4n) is 3.62. The molecule has 0 saturated carbocycles. The zero-order valence-corrected chi connectivity index (χ0v) is 17.6. The average molecular weight is 420 g/mol. The molecule has 3 aromatic rings. The van der Waals surface area contributed by atoms with Gasteiger partial charge in [0.2, 0.25) is 5.91 Å². The van der Waals surface area contributed by atoms with Gasteiger partial charge in [0, 0.05) is 31.2 Å². The van der Waals surface area contributed by atoms with Gasteiger partial charge in [0.25, 0.3) is 5.88 Å². The molecule has 0 unspecified atom stereocenters. The molecule has 1 saturated heterocycles. The quantitative estimate of drug-likeness (QED) is 0.637. The van der Waals surface area contributed by atoms with E-state index in [0.717, 1.165) is 24.9 Å². The van der Waals surface area contributed by atoms with E-state index in [9.17, 15) is 9.18 Å². The molecule has 0 radical (unpaired) electrons. The van der Waals surface area contributed by atoms with Crippen molar-refractivity contribution in [3.63, 3.8) is 0 Å². The normalized spacial score (nSPS) is 16.1. The van der Waals surface area contributed by atoms with Crippen LogP contribution in [0, 0.1) is 25.6 Å². The second kappa shape index (κ2) is 9.12. The summed E-state index contributed by atoms with van der Waals surface area (Å²) in [6, 6.07) is 12.5. The highest BCUT2D eigenvalue weighted by Gasteiger charge is 2.28.